The molecule has 2 heteroatoms. The van der Waals surface area contributed by atoms with Gasteiger partial charge < -0.3 is 10.1 Å². The van der Waals surface area contributed by atoms with E-state index in [-0.39, 0.29) is 0 Å². The van der Waals surface area contributed by atoms with Gasteiger partial charge in [0.2, 0.25) is 0 Å². The van der Waals surface area contributed by atoms with Gasteiger partial charge in [0.15, 0.2) is 0 Å². The lowest BCUT2D eigenvalue weighted by molar-refractivity contribution is 0.481. The molecule has 0 fully saturated rings. The fourth-order valence-electron chi connectivity index (χ4n) is 1.62. The summed E-state index contributed by atoms with van der Waals surface area (Å²) in [7, 11) is 0. The Morgan fingerprint density at radius 3 is 2.67 bits per heavy atom. The van der Waals surface area contributed by atoms with E-state index in [0.29, 0.717) is 5.75 Å². The van der Waals surface area contributed by atoms with Crippen LogP contribution in [0.15, 0.2) is 30.3 Å². The average Bonchev–Trinajstić information content (AvgIpc) is 2.02. The Labute approximate surface area is 68.8 Å². The highest BCUT2D eigenvalue weighted by Crippen LogP contribution is 2.31. The van der Waals surface area contributed by atoms with Crippen molar-refractivity contribution in [3.8, 4) is 5.75 Å². The smallest absolute Gasteiger partial charge is 0.123 e. The van der Waals surface area contributed by atoms with E-state index < -0.39 is 0 Å². The van der Waals surface area contributed by atoms with Crippen LogP contribution in [-0.2, 0) is 0 Å². The van der Waals surface area contributed by atoms with Gasteiger partial charge >= 0.3 is 0 Å². The minimum Gasteiger partial charge on any atom is -0.507 e. The number of aromatic hydroxyl groups is 1. The number of benzene rings is 2. The van der Waals surface area contributed by atoms with Crippen molar-refractivity contribution >= 4 is 21.8 Å². The molecule has 2 heterocycles. The SMILES string of the molecule is Oc1cccc2c3cc(cc12)[nH]3. The van der Waals surface area contributed by atoms with Crippen LogP contribution >= 0.6 is 0 Å². The molecule has 0 unspecified atom stereocenters. The molecule has 58 valence electrons. The van der Waals surface area contributed by atoms with E-state index in [1.54, 1.807) is 6.07 Å². The average molecular weight is 157 g/mol. The number of pyridine rings is 1. The number of H-pyrrole nitrogens is 1. The van der Waals surface area contributed by atoms with E-state index in [4.69, 9.17) is 0 Å². The molecule has 12 heavy (non-hydrogen) atoms. The number of phenolic OH excluding ortho intramolecular Hbond substituents is 1. The lowest BCUT2D eigenvalue weighted by atomic mass is 10.1. The molecule has 2 bridgehead atoms. The van der Waals surface area contributed by atoms with Gasteiger partial charge in [-0.15, -0.1) is 0 Å². The molecule has 0 spiro atoms. The molecule has 0 aliphatic heterocycles. The number of phenols is 1. The highest BCUT2D eigenvalue weighted by atomic mass is 16.3. The third-order valence-electron chi connectivity index (χ3n) is 2.25. The van der Waals surface area contributed by atoms with Gasteiger partial charge in [-0.1, -0.05) is 12.1 Å². The van der Waals surface area contributed by atoms with Gasteiger partial charge in [0.05, 0.1) is 0 Å². The van der Waals surface area contributed by atoms with Crippen LogP contribution in [0.25, 0.3) is 21.8 Å². The van der Waals surface area contributed by atoms with Crippen molar-refractivity contribution in [3.05, 3.63) is 30.3 Å². The van der Waals surface area contributed by atoms with Crippen LogP contribution in [0, 0.1) is 0 Å². The largest absolute Gasteiger partial charge is 0.507 e. The lowest BCUT2D eigenvalue weighted by Gasteiger charge is -2.09. The van der Waals surface area contributed by atoms with Crippen molar-refractivity contribution in [3.63, 3.8) is 0 Å². The van der Waals surface area contributed by atoms with E-state index in [9.17, 15) is 5.11 Å². The van der Waals surface area contributed by atoms with Crippen molar-refractivity contribution in [1.82, 2.24) is 4.98 Å². The topological polar surface area (TPSA) is 36.0 Å². The fraction of sp³-hybridized carbons (Fsp3) is 0. The zero-order chi connectivity index (χ0) is 8.13. The monoisotopic (exact) mass is 157 g/mol. The number of hydrogen-bond acceptors (Lipinski definition) is 1. The normalized spacial score (nSPS) is 11.7. The van der Waals surface area contributed by atoms with Crippen molar-refractivity contribution in [1.29, 1.82) is 0 Å². The maximum atomic E-state index is 9.50. The summed E-state index contributed by atoms with van der Waals surface area (Å²) in [5.41, 5.74) is 2.19. The summed E-state index contributed by atoms with van der Waals surface area (Å²) in [5.74, 6) is 0.358. The summed E-state index contributed by atoms with van der Waals surface area (Å²) >= 11 is 0. The van der Waals surface area contributed by atoms with Crippen LogP contribution in [0.1, 0.15) is 0 Å². The number of aromatic nitrogens is 1. The molecule has 0 aliphatic carbocycles. The van der Waals surface area contributed by atoms with Crippen LogP contribution in [0.2, 0.25) is 0 Å². The van der Waals surface area contributed by atoms with Gasteiger partial charge in [0, 0.05) is 21.8 Å². The van der Waals surface area contributed by atoms with Gasteiger partial charge in [-0.05, 0) is 18.2 Å². The molecule has 4 rings (SSSR count). The summed E-state index contributed by atoms with van der Waals surface area (Å²) in [6, 6.07) is 9.59. The predicted molar refractivity (Wildman–Crippen MR) is 48.7 cm³/mol. The molecule has 2 aromatic carbocycles. The third-order valence-corrected chi connectivity index (χ3v) is 2.25. The molecule has 0 saturated heterocycles. The Bertz CT molecular complexity index is 523. The summed E-state index contributed by atoms with van der Waals surface area (Å²) in [4.78, 5) is 3.17. The third kappa shape index (κ3) is 0.552. The van der Waals surface area contributed by atoms with Crippen LogP contribution < -0.4 is 0 Å². The van der Waals surface area contributed by atoms with E-state index in [2.05, 4.69) is 11.1 Å². The molecule has 4 aromatic rings. The minimum atomic E-state index is 0.358. The first-order valence-electron chi connectivity index (χ1n) is 3.87. The van der Waals surface area contributed by atoms with E-state index in [0.717, 1.165) is 21.8 Å². The first kappa shape index (κ1) is 5.89. The van der Waals surface area contributed by atoms with Crippen molar-refractivity contribution in [2.75, 3.05) is 0 Å². The van der Waals surface area contributed by atoms with E-state index in [1.807, 2.05) is 18.2 Å². The van der Waals surface area contributed by atoms with Gasteiger partial charge in [0.1, 0.15) is 5.75 Å². The van der Waals surface area contributed by atoms with E-state index >= 15 is 0 Å². The standard InChI is InChI=1S/C10H7NO/c12-10-3-1-2-7-8(10)4-6-5-9(7)11-6/h1-5,11-12H. The number of nitrogens with one attached hydrogen (secondary N) is 1. The molecule has 2 nitrogen and oxygen atoms in total. The van der Waals surface area contributed by atoms with Crippen molar-refractivity contribution < 1.29 is 5.11 Å². The second-order valence-corrected chi connectivity index (χ2v) is 3.02. The predicted octanol–water partition coefficient (Wildman–Crippen LogP) is 2.46. The highest BCUT2D eigenvalue weighted by molar-refractivity contribution is 6.05. The van der Waals surface area contributed by atoms with Crippen molar-refractivity contribution in [2.24, 2.45) is 0 Å². The maximum absolute atomic E-state index is 9.50. The molecule has 0 aliphatic rings. The first-order chi connectivity index (χ1) is 5.84. The number of aromatic amines is 1. The molecule has 0 saturated carbocycles. The van der Waals surface area contributed by atoms with Crippen LogP contribution in [0.5, 0.6) is 5.75 Å². The Hall–Kier alpha value is -1.70. The molecule has 0 atom stereocenters. The lowest BCUT2D eigenvalue weighted by Crippen LogP contribution is -1.87. The number of hydrogen-bond donors (Lipinski definition) is 2. The summed E-state index contributed by atoms with van der Waals surface area (Å²) < 4.78 is 0. The molecule has 2 N–H and O–H groups in total. The van der Waals surface area contributed by atoms with Crippen molar-refractivity contribution in [2.45, 2.75) is 0 Å². The molecule has 2 aromatic heterocycles. The Morgan fingerprint density at radius 1 is 1.08 bits per heavy atom. The quantitative estimate of drug-likeness (QED) is 0.516. The summed E-state index contributed by atoms with van der Waals surface area (Å²) in [6.45, 7) is 0. The zero-order valence-electron chi connectivity index (χ0n) is 6.33. The molecular weight excluding hydrogens is 150 g/mol. The van der Waals surface area contributed by atoms with Crippen LogP contribution in [0.3, 0.4) is 0 Å². The van der Waals surface area contributed by atoms with Gasteiger partial charge in [-0.25, -0.2) is 0 Å². The van der Waals surface area contributed by atoms with E-state index in [1.165, 1.54) is 0 Å². The maximum Gasteiger partial charge on any atom is 0.123 e. The first-order valence-corrected chi connectivity index (χ1v) is 3.87. The van der Waals surface area contributed by atoms with Gasteiger partial charge in [0.25, 0.3) is 0 Å². The molecular formula is C10H7NO. The summed E-state index contributed by atoms with van der Waals surface area (Å²) in [5, 5.41) is 11.5. The zero-order valence-corrected chi connectivity index (χ0v) is 6.33. The second kappa shape index (κ2) is 1.72. The minimum absolute atomic E-state index is 0.358. The molecule has 0 radical (unpaired) electrons. The van der Waals surface area contributed by atoms with Crippen LogP contribution in [-0.4, -0.2) is 10.1 Å². The molecule has 0 amide bonds. The Kier molecular flexibility index (Phi) is 0.844. The number of rotatable bonds is 0. The Balaban J connectivity index is 2.63. The van der Waals surface area contributed by atoms with Gasteiger partial charge in [-0.3, -0.25) is 0 Å². The fourth-order valence-corrected chi connectivity index (χ4v) is 1.62. The Morgan fingerprint density at radius 2 is 1.92 bits per heavy atom. The van der Waals surface area contributed by atoms with Crippen LogP contribution in [0.4, 0.5) is 0 Å². The highest BCUT2D eigenvalue weighted by Gasteiger charge is 2.05. The summed E-state index contributed by atoms with van der Waals surface area (Å²) in [6.07, 6.45) is 0. The van der Waals surface area contributed by atoms with Gasteiger partial charge in [-0.2, -0.15) is 0 Å². The second-order valence-electron chi connectivity index (χ2n) is 3.02.